The van der Waals surface area contributed by atoms with E-state index in [0.29, 0.717) is 11.3 Å². The molecule has 0 aliphatic carbocycles. The monoisotopic (exact) mass is 295 g/mol. The number of hydrogen-bond donors (Lipinski definition) is 0. The lowest BCUT2D eigenvalue weighted by molar-refractivity contribution is -0.142. The van der Waals surface area contributed by atoms with Crippen LogP contribution in [0.25, 0.3) is 16.8 Å². The van der Waals surface area contributed by atoms with Crippen LogP contribution in [0, 0.1) is 11.3 Å². The van der Waals surface area contributed by atoms with Gasteiger partial charge in [0.15, 0.2) is 0 Å². The Hall–Kier alpha value is -2.80. The standard InChI is InChI=1S/C18H17NO3/c1-12(2)22-18(20)14(11-19)10-16-15-7-5-4-6-13(15)8-9-17(16)21-3/h4-10,12H,1-3H3/b14-10+. The highest BCUT2D eigenvalue weighted by Gasteiger charge is 2.15. The summed E-state index contributed by atoms with van der Waals surface area (Å²) in [6, 6.07) is 13.4. The molecule has 2 rings (SSSR count). The number of fused-ring (bicyclic) bond motifs is 1. The molecule has 4 nitrogen and oxygen atoms in total. The maximum atomic E-state index is 12.0. The normalized spacial score (nSPS) is 11.3. The van der Waals surface area contributed by atoms with Crippen LogP contribution < -0.4 is 4.74 Å². The summed E-state index contributed by atoms with van der Waals surface area (Å²) >= 11 is 0. The van der Waals surface area contributed by atoms with Crippen LogP contribution in [0.5, 0.6) is 5.75 Å². The van der Waals surface area contributed by atoms with E-state index in [1.807, 2.05) is 42.5 Å². The average molecular weight is 295 g/mol. The van der Waals surface area contributed by atoms with Crippen LogP contribution in [0.1, 0.15) is 19.4 Å². The lowest BCUT2D eigenvalue weighted by Crippen LogP contribution is -2.12. The minimum Gasteiger partial charge on any atom is -0.496 e. The highest BCUT2D eigenvalue weighted by Crippen LogP contribution is 2.30. The van der Waals surface area contributed by atoms with Crippen LogP contribution >= 0.6 is 0 Å². The molecule has 0 amide bonds. The molecular weight excluding hydrogens is 278 g/mol. The predicted molar refractivity (Wildman–Crippen MR) is 85.3 cm³/mol. The van der Waals surface area contributed by atoms with Gasteiger partial charge in [0, 0.05) is 5.56 Å². The molecule has 0 fully saturated rings. The molecule has 112 valence electrons. The fraction of sp³-hybridized carbons (Fsp3) is 0.222. The molecule has 22 heavy (non-hydrogen) atoms. The van der Waals surface area contributed by atoms with Gasteiger partial charge < -0.3 is 9.47 Å². The number of nitrogens with zero attached hydrogens (tertiary/aromatic N) is 1. The number of hydrogen-bond acceptors (Lipinski definition) is 4. The van der Waals surface area contributed by atoms with Gasteiger partial charge in [-0.05, 0) is 36.8 Å². The third-order valence-electron chi connectivity index (χ3n) is 3.12. The van der Waals surface area contributed by atoms with Crippen molar-refractivity contribution in [2.75, 3.05) is 7.11 Å². The summed E-state index contributed by atoms with van der Waals surface area (Å²) in [5.41, 5.74) is 0.640. The highest BCUT2D eigenvalue weighted by molar-refractivity contribution is 6.02. The molecule has 4 heteroatoms. The minimum absolute atomic E-state index is 0.0525. The smallest absolute Gasteiger partial charge is 0.349 e. The Morgan fingerprint density at radius 1 is 1.23 bits per heavy atom. The average Bonchev–Trinajstić information content (AvgIpc) is 2.51. The number of carbonyl (C=O) groups excluding carboxylic acids is 1. The number of rotatable bonds is 4. The van der Waals surface area contributed by atoms with Crippen LogP contribution in [0.4, 0.5) is 0 Å². The largest absolute Gasteiger partial charge is 0.496 e. The molecule has 0 N–H and O–H groups in total. The van der Waals surface area contributed by atoms with Gasteiger partial charge in [-0.3, -0.25) is 0 Å². The summed E-state index contributed by atoms with van der Waals surface area (Å²) in [6.07, 6.45) is 1.24. The molecule has 0 aliphatic heterocycles. The van der Waals surface area contributed by atoms with E-state index >= 15 is 0 Å². The topological polar surface area (TPSA) is 59.3 Å². The molecule has 0 aromatic heterocycles. The van der Waals surface area contributed by atoms with E-state index in [0.717, 1.165) is 10.8 Å². The predicted octanol–water partition coefficient (Wildman–Crippen LogP) is 3.71. The van der Waals surface area contributed by atoms with Crippen molar-refractivity contribution in [2.24, 2.45) is 0 Å². The molecule has 2 aromatic rings. The second-order valence-corrected chi connectivity index (χ2v) is 5.03. The number of methoxy groups -OCH3 is 1. The Labute approximate surface area is 129 Å². The third kappa shape index (κ3) is 3.26. The summed E-state index contributed by atoms with van der Waals surface area (Å²) in [6.45, 7) is 3.48. The number of esters is 1. The van der Waals surface area contributed by atoms with E-state index in [1.165, 1.54) is 6.08 Å². The van der Waals surface area contributed by atoms with Crippen molar-refractivity contribution in [1.82, 2.24) is 0 Å². The maximum absolute atomic E-state index is 12.0. The first-order valence-electron chi connectivity index (χ1n) is 6.95. The molecule has 0 unspecified atom stereocenters. The SMILES string of the molecule is COc1ccc2ccccc2c1/C=C(\C#N)C(=O)OC(C)C. The third-order valence-corrected chi connectivity index (χ3v) is 3.12. The van der Waals surface area contributed by atoms with Crippen molar-refractivity contribution in [3.63, 3.8) is 0 Å². The molecule has 0 aliphatic rings. The molecule has 0 radical (unpaired) electrons. The van der Waals surface area contributed by atoms with Gasteiger partial charge in [0.2, 0.25) is 0 Å². The van der Waals surface area contributed by atoms with Crippen LogP contribution in [0.15, 0.2) is 42.0 Å². The highest BCUT2D eigenvalue weighted by atomic mass is 16.5. The molecule has 0 saturated carbocycles. The molecule has 0 atom stereocenters. The summed E-state index contributed by atoms with van der Waals surface area (Å²) < 4.78 is 10.4. The van der Waals surface area contributed by atoms with Gasteiger partial charge in [-0.15, -0.1) is 0 Å². The van der Waals surface area contributed by atoms with Gasteiger partial charge >= 0.3 is 5.97 Å². The van der Waals surface area contributed by atoms with Crippen molar-refractivity contribution in [1.29, 1.82) is 5.26 Å². The van der Waals surface area contributed by atoms with Crippen LogP contribution in [0.3, 0.4) is 0 Å². The summed E-state index contributed by atoms with van der Waals surface area (Å²) in [5, 5.41) is 11.2. The lowest BCUT2D eigenvalue weighted by Gasteiger charge is -2.10. The van der Waals surface area contributed by atoms with E-state index in [-0.39, 0.29) is 11.7 Å². The molecule has 0 saturated heterocycles. The van der Waals surface area contributed by atoms with Crippen LogP contribution in [-0.2, 0) is 9.53 Å². The van der Waals surface area contributed by atoms with Gasteiger partial charge in [0.25, 0.3) is 0 Å². The van der Waals surface area contributed by atoms with Crippen molar-refractivity contribution >= 4 is 22.8 Å². The first-order chi connectivity index (χ1) is 10.6. The zero-order valence-electron chi connectivity index (χ0n) is 12.8. The summed E-state index contributed by atoms with van der Waals surface area (Å²) in [5.74, 6) is -0.0312. The Kier molecular flexibility index (Phi) is 4.80. The van der Waals surface area contributed by atoms with E-state index in [2.05, 4.69) is 0 Å². The van der Waals surface area contributed by atoms with Crippen molar-refractivity contribution in [2.45, 2.75) is 20.0 Å². The van der Waals surface area contributed by atoms with E-state index in [9.17, 15) is 10.1 Å². The van der Waals surface area contributed by atoms with E-state index < -0.39 is 5.97 Å². The van der Waals surface area contributed by atoms with Gasteiger partial charge in [0.05, 0.1) is 13.2 Å². The summed E-state index contributed by atoms with van der Waals surface area (Å²) in [4.78, 5) is 12.0. The van der Waals surface area contributed by atoms with Gasteiger partial charge in [-0.1, -0.05) is 30.3 Å². The number of carbonyl (C=O) groups is 1. The number of nitriles is 1. The van der Waals surface area contributed by atoms with Crippen molar-refractivity contribution in [3.8, 4) is 11.8 Å². The second kappa shape index (κ2) is 6.77. The van der Waals surface area contributed by atoms with Gasteiger partial charge in [-0.2, -0.15) is 5.26 Å². The fourth-order valence-corrected chi connectivity index (χ4v) is 2.16. The first kappa shape index (κ1) is 15.6. The molecule has 0 heterocycles. The molecule has 2 aromatic carbocycles. The Balaban J connectivity index is 2.59. The Morgan fingerprint density at radius 2 is 1.95 bits per heavy atom. The zero-order valence-corrected chi connectivity index (χ0v) is 12.8. The van der Waals surface area contributed by atoms with Crippen LogP contribution in [0.2, 0.25) is 0 Å². The fourth-order valence-electron chi connectivity index (χ4n) is 2.16. The van der Waals surface area contributed by atoms with Crippen molar-refractivity contribution in [3.05, 3.63) is 47.5 Å². The zero-order chi connectivity index (χ0) is 16.1. The molecule has 0 spiro atoms. The Bertz CT molecular complexity index is 769. The van der Waals surface area contributed by atoms with E-state index in [1.54, 1.807) is 21.0 Å². The van der Waals surface area contributed by atoms with Gasteiger partial charge in [0.1, 0.15) is 17.4 Å². The first-order valence-corrected chi connectivity index (χ1v) is 6.95. The molecular formula is C18H17NO3. The number of ether oxygens (including phenoxy) is 2. The minimum atomic E-state index is -0.632. The Morgan fingerprint density at radius 3 is 2.59 bits per heavy atom. The van der Waals surface area contributed by atoms with Crippen molar-refractivity contribution < 1.29 is 14.3 Å². The summed E-state index contributed by atoms with van der Waals surface area (Å²) in [7, 11) is 1.56. The number of benzene rings is 2. The van der Waals surface area contributed by atoms with Crippen LogP contribution in [-0.4, -0.2) is 19.2 Å². The maximum Gasteiger partial charge on any atom is 0.349 e. The quantitative estimate of drug-likeness (QED) is 0.490. The lowest BCUT2D eigenvalue weighted by atomic mass is 10.0. The molecule has 0 bridgehead atoms. The van der Waals surface area contributed by atoms with E-state index in [4.69, 9.17) is 9.47 Å². The van der Waals surface area contributed by atoms with Gasteiger partial charge in [-0.25, -0.2) is 4.79 Å². The second-order valence-electron chi connectivity index (χ2n) is 5.03.